The number of oxazole rings is 1. The number of benzene rings is 1. The van der Waals surface area contributed by atoms with E-state index in [0.29, 0.717) is 32.7 Å². The van der Waals surface area contributed by atoms with Crippen LogP contribution in [0.25, 0.3) is 22.7 Å². The molecule has 0 saturated carbocycles. The highest BCUT2D eigenvalue weighted by atomic mass is 35.5. The molecule has 0 aliphatic rings. The molecule has 3 aromatic rings. The predicted octanol–water partition coefficient (Wildman–Crippen LogP) is 4.20. The molecule has 0 saturated heterocycles. The Morgan fingerprint density at radius 2 is 2.00 bits per heavy atom. The van der Waals surface area contributed by atoms with E-state index in [1.54, 1.807) is 30.5 Å². The van der Waals surface area contributed by atoms with Crippen LogP contribution in [0.4, 0.5) is 0 Å². The van der Waals surface area contributed by atoms with Gasteiger partial charge < -0.3 is 4.42 Å². The molecular weight excluding hydrogens is 259 g/mol. The van der Waals surface area contributed by atoms with E-state index in [-0.39, 0.29) is 0 Å². The van der Waals surface area contributed by atoms with Gasteiger partial charge in [-0.1, -0.05) is 23.2 Å². The highest BCUT2D eigenvalue weighted by Crippen LogP contribution is 2.31. The van der Waals surface area contributed by atoms with Gasteiger partial charge in [-0.3, -0.25) is 0 Å². The molecule has 0 aliphatic carbocycles. The largest absolute Gasteiger partial charge is 0.434 e. The van der Waals surface area contributed by atoms with E-state index in [0.717, 1.165) is 0 Å². The van der Waals surface area contributed by atoms with Crippen LogP contribution in [-0.4, -0.2) is 9.97 Å². The maximum atomic E-state index is 6.09. The molecule has 5 heteroatoms. The predicted molar refractivity (Wildman–Crippen MR) is 67.3 cm³/mol. The highest BCUT2D eigenvalue weighted by molar-refractivity contribution is 6.36. The van der Waals surface area contributed by atoms with Crippen LogP contribution in [0.3, 0.4) is 0 Å². The van der Waals surface area contributed by atoms with Crippen LogP contribution in [-0.2, 0) is 0 Å². The first-order chi connectivity index (χ1) is 8.24. The van der Waals surface area contributed by atoms with Crippen molar-refractivity contribution in [3.05, 3.63) is 46.6 Å². The molecule has 3 nitrogen and oxygen atoms in total. The number of fused-ring (bicyclic) bond motifs is 1. The van der Waals surface area contributed by atoms with Gasteiger partial charge in [-0.2, -0.15) is 4.98 Å². The van der Waals surface area contributed by atoms with E-state index in [9.17, 15) is 0 Å². The third kappa shape index (κ3) is 1.88. The van der Waals surface area contributed by atoms with Gasteiger partial charge in [0.25, 0.3) is 0 Å². The van der Waals surface area contributed by atoms with Crippen LogP contribution in [0.15, 0.2) is 40.9 Å². The molecule has 0 aliphatic heterocycles. The lowest BCUT2D eigenvalue weighted by molar-refractivity contribution is 0.619. The summed E-state index contributed by atoms with van der Waals surface area (Å²) in [4.78, 5) is 8.37. The Bertz CT molecular complexity index is 661. The molecule has 0 spiro atoms. The van der Waals surface area contributed by atoms with E-state index < -0.39 is 0 Å². The molecular formula is C12H6Cl2N2O. The number of halogens is 2. The van der Waals surface area contributed by atoms with Crippen molar-refractivity contribution in [2.24, 2.45) is 0 Å². The molecule has 1 aromatic carbocycles. The van der Waals surface area contributed by atoms with Gasteiger partial charge in [0, 0.05) is 11.2 Å². The van der Waals surface area contributed by atoms with Crippen LogP contribution >= 0.6 is 23.2 Å². The Morgan fingerprint density at radius 3 is 2.76 bits per heavy atom. The summed E-state index contributed by atoms with van der Waals surface area (Å²) in [7, 11) is 0. The standard InChI is InChI=1S/C12H6Cl2N2O/c13-7-3-4-8(9(14)6-7)12-16-11-10(17-12)2-1-5-15-11/h1-6H. The van der Waals surface area contributed by atoms with Crippen molar-refractivity contribution < 1.29 is 4.42 Å². The smallest absolute Gasteiger partial charge is 0.230 e. The van der Waals surface area contributed by atoms with Crippen LogP contribution in [0.5, 0.6) is 0 Å². The van der Waals surface area contributed by atoms with Gasteiger partial charge in [0.15, 0.2) is 11.2 Å². The molecule has 0 unspecified atom stereocenters. The summed E-state index contributed by atoms with van der Waals surface area (Å²) < 4.78 is 5.57. The molecule has 0 N–H and O–H groups in total. The fraction of sp³-hybridized carbons (Fsp3) is 0. The lowest BCUT2D eigenvalue weighted by atomic mass is 10.2. The second kappa shape index (κ2) is 4.02. The van der Waals surface area contributed by atoms with Gasteiger partial charge in [-0.15, -0.1) is 0 Å². The Kier molecular flexibility index (Phi) is 2.50. The summed E-state index contributed by atoms with van der Waals surface area (Å²) in [6.45, 7) is 0. The van der Waals surface area contributed by atoms with Crippen molar-refractivity contribution in [2.45, 2.75) is 0 Å². The van der Waals surface area contributed by atoms with Crippen LogP contribution < -0.4 is 0 Å². The van der Waals surface area contributed by atoms with Crippen molar-refractivity contribution >= 4 is 34.4 Å². The molecule has 0 bridgehead atoms. The van der Waals surface area contributed by atoms with Gasteiger partial charge in [0.05, 0.1) is 10.6 Å². The number of pyridine rings is 1. The molecule has 84 valence electrons. The summed E-state index contributed by atoms with van der Waals surface area (Å²) in [6, 6.07) is 8.77. The van der Waals surface area contributed by atoms with E-state index in [1.807, 2.05) is 6.07 Å². The number of aromatic nitrogens is 2. The van der Waals surface area contributed by atoms with Crippen molar-refractivity contribution in [2.75, 3.05) is 0 Å². The zero-order chi connectivity index (χ0) is 11.8. The van der Waals surface area contributed by atoms with Gasteiger partial charge in [0.2, 0.25) is 5.89 Å². The Hall–Kier alpha value is -1.58. The number of nitrogens with zero attached hydrogens (tertiary/aromatic N) is 2. The molecule has 0 radical (unpaired) electrons. The van der Waals surface area contributed by atoms with Gasteiger partial charge in [0.1, 0.15) is 0 Å². The zero-order valence-electron chi connectivity index (χ0n) is 8.52. The normalized spacial score (nSPS) is 10.9. The van der Waals surface area contributed by atoms with Gasteiger partial charge in [-0.05, 0) is 30.3 Å². The lowest BCUT2D eigenvalue weighted by Gasteiger charge is -1.98. The Morgan fingerprint density at radius 1 is 1.12 bits per heavy atom. The third-order valence-corrected chi connectivity index (χ3v) is 2.87. The molecule has 2 heterocycles. The van der Waals surface area contributed by atoms with Crippen molar-refractivity contribution in [3.8, 4) is 11.5 Å². The van der Waals surface area contributed by atoms with E-state index in [1.165, 1.54) is 0 Å². The maximum Gasteiger partial charge on any atom is 0.230 e. The first-order valence-corrected chi connectivity index (χ1v) is 5.66. The molecule has 0 fully saturated rings. The van der Waals surface area contributed by atoms with Gasteiger partial charge in [-0.25, -0.2) is 4.98 Å². The Balaban J connectivity index is 2.20. The average molecular weight is 265 g/mol. The minimum absolute atomic E-state index is 0.445. The summed E-state index contributed by atoms with van der Waals surface area (Å²) >= 11 is 11.9. The topological polar surface area (TPSA) is 38.9 Å². The second-order valence-corrected chi connectivity index (χ2v) is 4.31. The fourth-order valence-electron chi connectivity index (χ4n) is 1.55. The minimum atomic E-state index is 0.445. The summed E-state index contributed by atoms with van der Waals surface area (Å²) in [6.07, 6.45) is 1.66. The van der Waals surface area contributed by atoms with Crippen molar-refractivity contribution in [1.29, 1.82) is 0 Å². The number of rotatable bonds is 1. The number of hydrogen-bond acceptors (Lipinski definition) is 3. The average Bonchev–Trinajstić information content (AvgIpc) is 2.72. The number of hydrogen-bond donors (Lipinski definition) is 0. The van der Waals surface area contributed by atoms with Crippen molar-refractivity contribution in [3.63, 3.8) is 0 Å². The molecule has 17 heavy (non-hydrogen) atoms. The molecule has 2 aromatic heterocycles. The SMILES string of the molecule is Clc1ccc(-c2nc3ncccc3o2)c(Cl)c1. The monoisotopic (exact) mass is 264 g/mol. The van der Waals surface area contributed by atoms with E-state index >= 15 is 0 Å². The van der Waals surface area contributed by atoms with Crippen LogP contribution in [0, 0.1) is 0 Å². The molecule has 3 rings (SSSR count). The fourth-order valence-corrected chi connectivity index (χ4v) is 2.04. The van der Waals surface area contributed by atoms with Crippen LogP contribution in [0.2, 0.25) is 10.0 Å². The first-order valence-electron chi connectivity index (χ1n) is 4.91. The summed E-state index contributed by atoms with van der Waals surface area (Å²) in [5.74, 6) is 0.445. The summed E-state index contributed by atoms with van der Waals surface area (Å²) in [5, 5.41) is 1.08. The molecule has 0 amide bonds. The molecule has 0 atom stereocenters. The van der Waals surface area contributed by atoms with E-state index in [2.05, 4.69) is 9.97 Å². The second-order valence-electron chi connectivity index (χ2n) is 3.47. The highest BCUT2D eigenvalue weighted by Gasteiger charge is 2.11. The summed E-state index contributed by atoms with van der Waals surface area (Å²) in [5.41, 5.74) is 1.90. The lowest BCUT2D eigenvalue weighted by Crippen LogP contribution is -1.79. The van der Waals surface area contributed by atoms with Crippen LogP contribution in [0.1, 0.15) is 0 Å². The first kappa shape index (κ1) is 10.6. The third-order valence-electron chi connectivity index (χ3n) is 2.33. The minimum Gasteiger partial charge on any atom is -0.434 e. The van der Waals surface area contributed by atoms with E-state index in [4.69, 9.17) is 27.6 Å². The van der Waals surface area contributed by atoms with Gasteiger partial charge >= 0.3 is 0 Å². The zero-order valence-corrected chi connectivity index (χ0v) is 10.0. The maximum absolute atomic E-state index is 6.09. The van der Waals surface area contributed by atoms with Crippen molar-refractivity contribution in [1.82, 2.24) is 9.97 Å². The quantitative estimate of drug-likeness (QED) is 0.662. The Labute approximate surface area is 107 Å².